The lowest BCUT2D eigenvalue weighted by Gasteiger charge is -2.47. The molecule has 0 aromatic heterocycles. The second-order valence-corrected chi connectivity index (χ2v) is 34.1. The van der Waals surface area contributed by atoms with Crippen molar-refractivity contribution in [2.75, 3.05) is 0 Å². The van der Waals surface area contributed by atoms with Gasteiger partial charge in [0, 0.05) is 71.6 Å². The largest absolute Gasteiger partial charge is 0.462 e. The Morgan fingerprint density at radius 2 is 1.26 bits per heavy atom. The van der Waals surface area contributed by atoms with E-state index in [1.54, 1.807) is 93.5 Å². The Balaban J connectivity index is 0.954. The van der Waals surface area contributed by atoms with Crippen molar-refractivity contribution in [3.05, 3.63) is 70.8 Å². The summed E-state index contributed by atoms with van der Waals surface area (Å²) in [7, 11) is 0. The molecular weight excluding hydrogens is 1460 g/mol. The van der Waals surface area contributed by atoms with Crippen molar-refractivity contribution in [3.63, 3.8) is 0 Å². The van der Waals surface area contributed by atoms with E-state index in [1.807, 2.05) is 13.8 Å². The van der Waals surface area contributed by atoms with Crippen LogP contribution >= 0.6 is 0 Å². The second kappa shape index (κ2) is 42.8. The van der Waals surface area contributed by atoms with Crippen molar-refractivity contribution in [2.45, 2.75) is 377 Å². The summed E-state index contributed by atoms with van der Waals surface area (Å²) in [6, 6.07) is 4.83. The van der Waals surface area contributed by atoms with Crippen molar-refractivity contribution < 1.29 is 138 Å². The molecule has 4 fully saturated rings. The van der Waals surface area contributed by atoms with Gasteiger partial charge in [-0.3, -0.25) is 19.2 Å². The Bertz CT molecular complexity index is 3250. The highest BCUT2D eigenvalue weighted by Crippen LogP contribution is 2.42. The average Bonchev–Trinajstić information content (AvgIpc) is 1.27. The van der Waals surface area contributed by atoms with E-state index in [1.165, 1.54) is 25.2 Å². The van der Waals surface area contributed by atoms with Gasteiger partial charge in [0.2, 0.25) is 5.78 Å². The van der Waals surface area contributed by atoms with Gasteiger partial charge in [-0.2, -0.15) is 0 Å². The van der Waals surface area contributed by atoms with Crippen molar-refractivity contribution in [1.82, 2.24) is 0 Å². The monoisotopic (exact) mass is 1590 g/mol. The van der Waals surface area contributed by atoms with Gasteiger partial charge in [-0.25, -0.2) is 4.79 Å². The Kier molecular flexibility index (Phi) is 36.2. The number of esters is 2. The molecule has 15 N–H and O–H groups in total. The Hall–Kier alpha value is -4.45. The number of cyclic esters (lactones) is 1. The third kappa shape index (κ3) is 25.8. The topological polar surface area (TPSA) is 463 Å². The van der Waals surface area contributed by atoms with Crippen molar-refractivity contribution in [3.8, 4) is 0 Å². The molecule has 1 aromatic carbocycles. The molecular formula is C84H134O28. The van der Waals surface area contributed by atoms with E-state index in [0.29, 0.717) is 56.1 Å². The van der Waals surface area contributed by atoms with E-state index in [4.69, 9.17) is 37.9 Å². The zero-order valence-corrected chi connectivity index (χ0v) is 67.8. The van der Waals surface area contributed by atoms with Crippen LogP contribution in [0.5, 0.6) is 0 Å². The number of hydrogen-bond acceptors (Lipinski definition) is 28. The van der Waals surface area contributed by atoms with Gasteiger partial charge in [-0.05, 0) is 179 Å². The van der Waals surface area contributed by atoms with Gasteiger partial charge in [-0.15, -0.1) is 0 Å². The SMILES string of the molecule is CCC(OC1CC(C)(O)C(OC2CCC(OC(=O)C(C)C(OC3CCC(O)C(C)O3)c3ccc4c(c3)C(=O)C=C(C)C4=O)C(C)C2)C(C)O1)C(C)C(O)C(C)C(O)C(C)C1OC(=O)/C=C/C(C)C(O)CC(O)CCCC(O)CCC(C)C(O)C(=O)C2(O)OC(CC(O)CC(O)CC(O)CCCC(O)/C=C/C1C)CC(O)C2O. The first-order valence-electron chi connectivity index (χ1n) is 41.0. The number of Topliss-reactive ketones (excluding diaryl/α,β-unsaturated/α-hetero) is 2. The van der Waals surface area contributed by atoms with Crippen molar-refractivity contribution in [1.29, 1.82) is 0 Å². The normalized spacial score (nSPS) is 40.4. The van der Waals surface area contributed by atoms with Gasteiger partial charge in [0.15, 0.2) is 24.1 Å². The van der Waals surface area contributed by atoms with E-state index >= 15 is 0 Å². The van der Waals surface area contributed by atoms with Crippen LogP contribution in [0.4, 0.5) is 0 Å². The van der Waals surface area contributed by atoms with Crippen LogP contribution in [0.15, 0.2) is 54.2 Å². The number of rotatable bonds is 17. The average molecular weight is 1590 g/mol. The lowest BCUT2D eigenvalue weighted by molar-refractivity contribution is -0.309. The van der Waals surface area contributed by atoms with E-state index in [0.717, 1.165) is 6.08 Å². The number of fused-ring (bicyclic) bond motifs is 3. The van der Waals surface area contributed by atoms with Crippen LogP contribution in [-0.4, -0.2) is 258 Å². The van der Waals surface area contributed by atoms with Gasteiger partial charge in [0.25, 0.3) is 5.79 Å². The fourth-order valence-corrected chi connectivity index (χ4v) is 16.9. The molecule has 1 aromatic rings. The summed E-state index contributed by atoms with van der Waals surface area (Å²) in [6.07, 6.45) is -15.6. The summed E-state index contributed by atoms with van der Waals surface area (Å²) >= 11 is 0. The first kappa shape index (κ1) is 94.7. The number of aliphatic hydroxyl groups excluding tert-OH is 13. The molecule has 34 unspecified atom stereocenters. The summed E-state index contributed by atoms with van der Waals surface area (Å²) < 4.78 is 50.2. The van der Waals surface area contributed by atoms with Crippen molar-refractivity contribution >= 4 is 29.3 Å². The van der Waals surface area contributed by atoms with Crippen LogP contribution in [0, 0.1) is 47.3 Å². The summed E-state index contributed by atoms with van der Waals surface area (Å²) in [6.45, 7) is 22.3. The Morgan fingerprint density at radius 3 is 1.92 bits per heavy atom. The molecule has 2 aliphatic carbocycles. The molecule has 6 aliphatic rings. The maximum Gasteiger partial charge on any atom is 0.330 e. The quantitative estimate of drug-likeness (QED) is 0.0659. The van der Waals surface area contributed by atoms with Crippen LogP contribution in [0.3, 0.4) is 0 Å². The zero-order chi connectivity index (χ0) is 83.1. The number of aliphatic hydroxyl groups is 15. The fraction of sp³-hybridized carbons (Fsp3) is 0.798. The molecule has 112 heavy (non-hydrogen) atoms. The molecule has 28 nitrogen and oxygen atoms in total. The maximum atomic E-state index is 14.2. The first-order valence-corrected chi connectivity index (χ1v) is 41.0. The minimum absolute atomic E-state index is 0.00451. The van der Waals surface area contributed by atoms with Gasteiger partial charge < -0.3 is 114 Å². The molecule has 4 aliphatic heterocycles. The number of allylic oxidation sites excluding steroid dienone is 2. The molecule has 638 valence electrons. The Labute approximate surface area is 659 Å². The molecule has 7 rings (SSSR count). The van der Waals surface area contributed by atoms with Crippen molar-refractivity contribution in [2.24, 2.45) is 47.3 Å². The highest BCUT2D eigenvalue weighted by molar-refractivity contribution is 6.24. The molecule has 34 atom stereocenters. The van der Waals surface area contributed by atoms with E-state index in [9.17, 15) is 101 Å². The van der Waals surface area contributed by atoms with E-state index in [-0.39, 0.29) is 118 Å². The van der Waals surface area contributed by atoms with Crippen LogP contribution in [0.1, 0.15) is 251 Å². The molecule has 0 spiro atoms. The summed E-state index contributed by atoms with van der Waals surface area (Å²) in [5.74, 6) is -12.1. The third-order valence-electron chi connectivity index (χ3n) is 24.5. The first-order chi connectivity index (χ1) is 52.5. The van der Waals surface area contributed by atoms with Crippen LogP contribution < -0.4 is 0 Å². The zero-order valence-electron chi connectivity index (χ0n) is 67.8. The van der Waals surface area contributed by atoms with E-state index < -0.39 is 211 Å². The number of ketones is 3. The minimum atomic E-state index is -3.06. The van der Waals surface area contributed by atoms with Gasteiger partial charge >= 0.3 is 11.9 Å². The van der Waals surface area contributed by atoms with Crippen LogP contribution in [0.25, 0.3) is 0 Å². The predicted molar refractivity (Wildman–Crippen MR) is 408 cm³/mol. The van der Waals surface area contributed by atoms with Crippen LogP contribution in [-0.2, 0) is 52.3 Å². The van der Waals surface area contributed by atoms with Gasteiger partial charge in [0.1, 0.15) is 30.5 Å². The predicted octanol–water partition coefficient (Wildman–Crippen LogP) is 5.67. The molecule has 2 bridgehead atoms. The summed E-state index contributed by atoms with van der Waals surface area (Å²) in [5, 5.41) is 168. The lowest BCUT2D eigenvalue weighted by Crippen LogP contribution is -2.65. The number of carbonyl (C=O) groups is 5. The number of ether oxygens (including phenoxy) is 8. The highest BCUT2D eigenvalue weighted by atomic mass is 16.7. The second-order valence-electron chi connectivity index (χ2n) is 34.1. The molecule has 0 amide bonds. The highest BCUT2D eigenvalue weighted by Gasteiger charge is 2.56. The summed E-state index contributed by atoms with van der Waals surface area (Å²) in [4.78, 5) is 67.8. The fourth-order valence-electron chi connectivity index (χ4n) is 16.9. The molecule has 28 heteroatoms. The molecule has 4 heterocycles. The van der Waals surface area contributed by atoms with Gasteiger partial charge in [-0.1, -0.05) is 79.7 Å². The number of benzene rings is 1. The lowest BCUT2D eigenvalue weighted by atomic mass is 9.78. The summed E-state index contributed by atoms with van der Waals surface area (Å²) in [5.41, 5.74) is -0.194. The Morgan fingerprint density at radius 1 is 0.616 bits per heavy atom. The number of hydrogen-bond donors (Lipinski definition) is 15. The standard InChI is InChI=1S/C84H134O28/c1-14-68(108-72-41-83(13,103)81(52(12)106-72)107-60-27-30-69(45(5)33-60)109-82(102)50(10)78(111-71-32-29-64(91)51(11)105-71)53-24-28-62-63(35-53)66(93)34-46(6)73(62)96)47(7)75(98)48(8)76(99)49(9)77-44(4)22-26-55(86)17-15-19-56(87)36-58(89)37-59(90)38-61-40-67(94)79(100)84(104,112-61)80(101)74(97)43(3)21-25-54(85)18-16-20-57(88)39-65(92)42(2)23-31-70(95)110-77/h22-24,26,28,31,34-35,42-45,47-52,54-61,64-65,67-69,71-72,74-79,81,85-92,94,97-100,103-104H,14-21,25,27,29-30,32-33,36-41H2,1-13H3/b26-22+,31-23+. The smallest absolute Gasteiger partial charge is 0.330 e. The minimum Gasteiger partial charge on any atom is -0.462 e. The van der Waals surface area contributed by atoms with Gasteiger partial charge in [0.05, 0.1) is 115 Å². The molecule has 3 saturated heterocycles. The molecule has 0 radical (unpaired) electrons. The molecule has 1 saturated carbocycles. The van der Waals surface area contributed by atoms with Crippen LogP contribution in [0.2, 0.25) is 0 Å². The van der Waals surface area contributed by atoms with E-state index in [2.05, 4.69) is 0 Å². The number of carbonyl (C=O) groups excluding carboxylic acids is 5. The maximum absolute atomic E-state index is 14.2. The third-order valence-corrected chi connectivity index (χ3v) is 24.5.